The number of rotatable bonds is 5. The average molecular weight is 614 g/mol. The highest BCUT2D eigenvalue weighted by Gasteiger charge is 2.29. The van der Waals surface area contributed by atoms with Crippen molar-refractivity contribution in [1.82, 2.24) is 4.98 Å². The van der Waals surface area contributed by atoms with E-state index in [9.17, 15) is 25.9 Å². The van der Waals surface area contributed by atoms with Crippen LogP contribution in [0.3, 0.4) is 0 Å². The zero-order valence-corrected chi connectivity index (χ0v) is 21.4. The minimum Gasteiger partial charge on any atom is -0.359 e. The van der Waals surface area contributed by atoms with E-state index in [0.29, 0.717) is 0 Å². The maximum absolute atomic E-state index is 11.6. The van der Waals surface area contributed by atoms with E-state index in [4.69, 9.17) is 66.4 Å². The molecule has 2 aromatic heterocycles. The molecule has 0 aliphatic heterocycles. The predicted molar refractivity (Wildman–Crippen MR) is 129 cm³/mol. The summed E-state index contributed by atoms with van der Waals surface area (Å²) >= 11 is 31.4. The zero-order valence-electron chi connectivity index (χ0n) is 15.2. The van der Waals surface area contributed by atoms with Crippen LogP contribution < -0.4 is 8.37 Å². The smallest absolute Gasteiger partial charge is 0.359 e. The molecule has 0 unspecified atom stereocenters. The summed E-state index contributed by atoms with van der Waals surface area (Å²) in [5, 5.41) is 0.0322. The monoisotopic (exact) mass is 611 g/mol. The van der Waals surface area contributed by atoms with Crippen LogP contribution in [0.25, 0.3) is 31.6 Å². The number of nitrogens with one attached hydrogen (secondary N) is 1. The number of hydrogen-bond donors (Lipinski definition) is 3. The molecular formula is C16H6Cl5NO8S3. The summed E-state index contributed by atoms with van der Waals surface area (Å²) in [4.78, 5) is 2.67. The summed E-state index contributed by atoms with van der Waals surface area (Å²) in [6.07, 6.45) is 0. The molecule has 3 N–H and O–H groups in total. The van der Waals surface area contributed by atoms with Crippen LogP contribution in [0.15, 0.2) is 18.2 Å². The Morgan fingerprint density at radius 1 is 0.788 bits per heavy atom. The molecule has 0 spiro atoms. The van der Waals surface area contributed by atoms with E-state index in [1.54, 1.807) is 0 Å². The summed E-state index contributed by atoms with van der Waals surface area (Å²) in [5.41, 5.74) is -0.0675. The molecule has 0 amide bonds. The number of aromatic nitrogens is 1. The molecule has 4 aromatic rings. The topological polar surface area (TPSA) is 143 Å². The molecule has 0 saturated carbocycles. The van der Waals surface area contributed by atoms with Crippen LogP contribution in [-0.2, 0) is 20.8 Å². The molecular weight excluding hydrogens is 608 g/mol. The Morgan fingerprint density at radius 3 is 2.00 bits per heavy atom. The molecule has 0 radical (unpaired) electrons. The van der Waals surface area contributed by atoms with Gasteiger partial charge in [0.05, 0.1) is 35.2 Å². The fourth-order valence-corrected chi connectivity index (χ4v) is 6.30. The van der Waals surface area contributed by atoms with Crippen molar-refractivity contribution in [2.24, 2.45) is 0 Å². The van der Waals surface area contributed by atoms with Crippen molar-refractivity contribution in [2.75, 3.05) is 0 Å². The van der Waals surface area contributed by atoms with Crippen LogP contribution in [0.5, 0.6) is 11.5 Å². The molecule has 0 bridgehead atoms. The van der Waals surface area contributed by atoms with Crippen LogP contribution in [0.2, 0.25) is 25.1 Å². The van der Waals surface area contributed by atoms with Gasteiger partial charge in [-0.1, -0.05) is 58.0 Å². The first-order valence-corrected chi connectivity index (χ1v) is 13.5. The van der Waals surface area contributed by atoms with Crippen molar-refractivity contribution < 1.29 is 34.3 Å². The number of fused-ring (bicyclic) bond motifs is 2. The first kappa shape index (κ1) is 24.9. The third-order valence-corrected chi connectivity index (χ3v) is 8.02. The molecule has 0 saturated heterocycles. The van der Waals surface area contributed by atoms with E-state index >= 15 is 0 Å². The van der Waals surface area contributed by atoms with Gasteiger partial charge in [0, 0.05) is 15.8 Å². The van der Waals surface area contributed by atoms with Gasteiger partial charge < -0.3 is 13.4 Å². The van der Waals surface area contributed by atoms with Gasteiger partial charge in [-0.25, -0.2) is 0 Å². The van der Waals surface area contributed by atoms with Gasteiger partial charge in [-0.2, -0.15) is 16.8 Å². The molecule has 17 heteroatoms. The minimum atomic E-state index is -5.08. The molecule has 2 aromatic carbocycles. The number of hydrogen-bond acceptors (Lipinski definition) is 7. The second-order valence-corrected chi connectivity index (χ2v) is 11.4. The first-order valence-electron chi connectivity index (χ1n) is 8.11. The van der Waals surface area contributed by atoms with Gasteiger partial charge in [0.2, 0.25) is 0 Å². The highest BCUT2D eigenvalue weighted by atomic mass is 35.5. The lowest BCUT2D eigenvalue weighted by molar-refractivity contribution is 0.385. The van der Waals surface area contributed by atoms with Crippen LogP contribution in [0, 0.1) is 0 Å². The summed E-state index contributed by atoms with van der Waals surface area (Å²) in [5.74, 6) is -0.969. The third-order valence-electron chi connectivity index (χ3n) is 4.15. The van der Waals surface area contributed by atoms with Gasteiger partial charge in [0.15, 0.2) is 11.5 Å². The number of thiophene rings is 1. The van der Waals surface area contributed by atoms with Crippen molar-refractivity contribution in [2.45, 2.75) is 0 Å². The maximum atomic E-state index is 11.6. The first-order chi connectivity index (χ1) is 15.2. The third kappa shape index (κ3) is 4.82. The number of benzene rings is 2. The molecule has 176 valence electrons. The quantitative estimate of drug-likeness (QED) is 0.167. The van der Waals surface area contributed by atoms with E-state index in [1.165, 1.54) is 18.2 Å². The normalized spacial score (nSPS) is 12.6. The second kappa shape index (κ2) is 8.48. The standard InChI is InChI=1S/C16H6Cl5NO8S3/c17-4-1-5-11(8(19)2-4)22-12(13(5)29-32(23,24)25)16-14(30-33(26,27)28)6-3-7(18)9(20)10(21)15(6)31-16/h1-3,22H,(H,23,24,25)(H,26,27,28). The van der Waals surface area contributed by atoms with E-state index in [0.717, 1.165) is 11.3 Å². The lowest BCUT2D eigenvalue weighted by Crippen LogP contribution is -2.08. The van der Waals surface area contributed by atoms with Gasteiger partial charge in [0.25, 0.3) is 0 Å². The molecule has 0 aliphatic carbocycles. The summed E-state index contributed by atoms with van der Waals surface area (Å²) in [6.45, 7) is 0. The summed E-state index contributed by atoms with van der Waals surface area (Å²) in [7, 11) is -10.2. The molecule has 9 nitrogen and oxygen atoms in total. The van der Waals surface area contributed by atoms with Crippen molar-refractivity contribution >= 4 is 111 Å². The fourth-order valence-electron chi connectivity index (χ4n) is 3.02. The summed E-state index contributed by atoms with van der Waals surface area (Å²) < 4.78 is 74.6. The van der Waals surface area contributed by atoms with E-state index < -0.39 is 32.3 Å². The lowest BCUT2D eigenvalue weighted by atomic mass is 10.2. The van der Waals surface area contributed by atoms with Crippen LogP contribution in [-0.4, -0.2) is 30.9 Å². The van der Waals surface area contributed by atoms with E-state index in [2.05, 4.69) is 4.98 Å². The second-order valence-electron chi connectivity index (χ2n) is 6.28. The Morgan fingerprint density at radius 2 is 1.39 bits per heavy atom. The van der Waals surface area contributed by atoms with Gasteiger partial charge in [-0.05, 0) is 18.2 Å². The molecule has 0 fully saturated rings. The highest BCUT2D eigenvalue weighted by molar-refractivity contribution is 7.81. The molecule has 0 atom stereocenters. The van der Waals surface area contributed by atoms with Crippen molar-refractivity contribution in [3.8, 4) is 22.1 Å². The Bertz CT molecular complexity index is 1680. The van der Waals surface area contributed by atoms with Crippen molar-refractivity contribution in [3.63, 3.8) is 0 Å². The van der Waals surface area contributed by atoms with E-state index in [1.807, 2.05) is 0 Å². The average Bonchev–Trinajstić information content (AvgIpc) is 3.17. The van der Waals surface area contributed by atoms with Crippen molar-refractivity contribution in [3.05, 3.63) is 43.3 Å². The van der Waals surface area contributed by atoms with Gasteiger partial charge >= 0.3 is 20.8 Å². The SMILES string of the molecule is O=S(=O)(O)Oc1c(-c2sc3c(Cl)c(Cl)c(Cl)cc3c2OS(=O)(=O)O)[nH]c2c(Cl)cc(Cl)cc12. The predicted octanol–water partition coefficient (Wildman–Crippen LogP) is 6.68. The summed E-state index contributed by atoms with van der Waals surface area (Å²) in [6, 6.07) is 3.88. The molecule has 2 heterocycles. The number of aromatic amines is 1. The Labute approximate surface area is 214 Å². The molecule has 33 heavy (non-hydrogen) atoms. The van der Waals surface area contributed by atoms with Gasteiger partial charge in [-0.3, -0.25) is 9.11 Å². The Hall–Kier alpha value is -1.19. The molecule has 0 aliphatic rings. The highest BCUT2D eigenvalue weighted by Crippen LogP contribution is 2.53. The Balaban J connectivity index is 2.17. The number of H-pyrrole nitrogens is 1. The molecule has 4 rings (SSSR count). The minimum absolute atomic E-state index is 0.0209. The largest absolute Gasteiger partial charge is 0.446 e. The van der Waals surface area contributed by atoms with Crippen LogP contribution >= 0.6 is 69.3 Å². The zero-order chi connectivity index (χ0) is 24.5. The maximum Gasteiger partial charge on any atom is 0.446 e. The van der Waals surface area contributed by atoms with Crippen molar-refractivity contribution in [1.29, 1.82) is 0 Å². The Kier molecular flexibility index (Phi) is 6.41. The van der Waals surface area contributed by atoms with Crippen LogP contribution in [0.4, 0.5) is 0 Å². The fraction of sp³-hybridized carbons (Fsp3) is 0. The number of halogens is 5. The lowest BCUT2D eigenvalue weighted by Gasteiger charge is -2.06. The van der Waals surface area contributed by atoms with Gasteiger partial charge in [0.1, 0.15) is 5.69 Å². The van der Waals surface area contributed by atoms with Crippen LogP contribution in [0.1, 0.15) is 0 Å². The van der Waals surface area contributed by atoms with Gasteiger partial charge in [-0.15, -0.1) is 11.3 Å². The van der Waals surface area contributed by atoms with E-state index in [-0.39, 0.29) is 56.7 Å².